The summed E-state index contributed by atoms with van der Waals surface area (Å²) in [6.07, 6.45) is -1.45. The van der Waals surface area contributed by atoms with Crippen LogP contribution in [0.1, 0.15) is 23.1 Å². The van der Waals surface area contributed by atoms with Gasteiger partial charge in [0, 0.05) is 13.0 Å². The average molecular weight is 380 g/mol. The van der Waals surface area contributed by atoms with Gasteiger partial charge < -0.3 is 25.0 Å². The number of benzene rings is 1. The number of carbonyl (C=O) groups is 1. The maximum Gasteiger partial charge on any atom is 0.321 e. The summed E-state index contributed by atoms with van der Waals surface area (Å²) in [5, 5.41) is 33.0. The summed E-state index contributed by atoms with van der Waals surface area (Å²) in [7, 11) is 1.60. The van der Waals surface area contributed by atoms with Gasteiger partial charge in [-0.2, -0.15) is 0 Å². The number of aromatic nitrogens is 2. The fourth-order valence-corrected chi connectivity index (χ4v) is 3.32. The van der Waals surface area contributed by atoms with Gasteiger partial charge in [-0.05, 0) is 17.7 Å². The Bertz CT molecular complexity index is 738. The highest BCUT2D eigenvalue weighted by atomic mass is 32.1. The van der Waals surface area contributed by atoms with Crippen LogP contribution >= 0.6 is 11.3 Å². The molecular weight excluding hydrogens is 360 g/mol. The van der Waals surface area contributed by atoms with Crippen molar-refractivity contribution in [2.24, 2.45) is 0 Å². The van der Waals surface area contributed by atoms with E-state index in [2.05, 4.69) is 20.8 Å². The number of methoxy groups -OCH3 is 1. The van der Waals surface area contributed by atoms with Gasteiger partial charge in [0.15, 0.2) is 0 Å². The zero-order valence-electron chi connectivity index (χ0n) is 14.1. The fourth-order valence-electron chi connectivity index (χ4n) is 2.53. The number of rotatable bonds is 6. The molecule has 1 saturated heterocycles. The lowest BCUT2D eigenvalue weighted by atomic mass is 10.1. The first-order valence-electron chi connectivity index (χ1n) is 8.04. The molecule has 0 bridgehead atoms. The summed E-state index contributed by atoms with van der Waals surface area (Å²) in [5.41, 5.74) is 0.933. The Morgan fingerprint density at radius 1 is 1.38 bits per heavy atom. The summed E-state index contributed by atoms with van der Waals surface area (Å²) < 4.78 is 10.6. The second-order valence-corrected chi connectivity index (χ2v) is 6.76. The lowest BCUT2D eigenvalue weighted by Gasteiger charge is -2.09. The van der Waals surface area contributed by atoms with E-state index in [4.69, 9.17) is 14.6 Å². The van der Waals surface area contributed by atoms with Crippen LogP contribution in [0.25, 0.3) is 0 Å². The molecule has 1 aliphatic rings. The van der Waals surface area contributed by atoms with Crippen molar-refractivity contribution in [3.63, 3.8) is 0 Å². The van der Waals surface area contributed by atoms with E-state index in [0.717, 1.165) is 11.3 Å². The molecule has 0 unspecified atom stereocenters. The number of aliphatic hydroxyl groups is 2. The molecular formula is C16H20N4O5S. The summed E-state index contributed by atoms with van der Waals surface area (Å²) in [6.45, 7) is 0.104. The Morgan fingerprint density at radius 3 is 2.81 bits per heavy atom. The van der Waals surface area contributed by atoms with Crippen molar-refractivity contribution in [2.75, 3.05) is 19.0 Å². The van der Waals surface area contributed by atoms with Crippen LogP contribution in [0.4, 0.5) is 9.93 Å². The summed E-state index contributed by atoms with van der Waals surface area (Å²) >= 11 is 1.17. The number of hydrogen-bond acceptors (Lipinski definition) is 8. The molecule has 2 amide bonds. The Morgan fingerprint density at radius 2 is 2.15 bits per heavy atom. The molecule has 2 heterocycles. The van der Waals surface area contributed by atoms with Crippen molar-refractivity contribution in [1.29, 1.82) is 0 Å². The SMILES string of the molecule is COc1ccc(CNC(=O)Nc2nnc([C@H]3C[C@H](O)[C@@H](CO)O3)s2)cc1. The van der Waals surface area contributed by atoms with E-state index in [1.54, 1.807) is 7.11 Å². The van der Waals surface area contributed by atoms with Gasteiger partial charge >= 0.3 is 6.03 Å². The number of amides is 2. The highest BCUT2D eigenvalue weighted by Gasteiger charge is 2.36. The number of anilines is 1. The van der Waals surface area contributed by atoms with Crippen molar-refractivity contribution in [1.82, 2.24) is 15.5 Å². The van der Waals surface area contributed by atoms with E-state index in [1.807, 2.05) is 24.3 Å². The molecule has 0 saturated carbocycles. The molecule has 2 aromatic rings. The van der Waals surface area contributed by atoms with Gasteiger partial charge in [0.2, 0.25) is 5.13 Å². The molecule has 9 nitrogen and oxygen atoms in total. The molecule has 1 aromatic carbocycles. The Hall–Kier alpha value is -2.27. The molecule has 3 rings (SSSR count). The van der Waals surface area contributed by atoms with Crippen molar-refractivity contribution >= 4 is 22.5 Å². The fraction of sp³-hybridized carbons (Fsp3) is 0.438. The lowest BCUT2D eigenvalue weighted by Crippen LogP contribution is -2.28. The standard InChI is InChI=1S/C16H20N4O5S/c1-24-10-4-2-9(3-5-10)7-17-15(23)18-16-20-19-14(26-16)12-6-11(22)13(8-21)25-12/h2-5,11-13,21-22H,6-8H2,1H3,(H2,17,18,20,23)/t11-,12+,13+/m0/s1. The zero-order valence-corrected chi connectivity index (χ0v) is 14.9. The van der Waals surface area contributed by atoms with Crippen molar-refractivity contribution in [2.45, 2.75) is 31.3 Å². The van der Waals surface area contributed by atoms with E-state index in [1.165, 1.54) is 11.3 Å². The quantitative estimate of drug-likeness (QED) is 0.590. The van der Waals surface area contributed by atoms with E-state index in [-0.39, 0.29) is 6.61 Å². The molecule has 3 atom stereocenters. The Kier molecular flexibility index (Phi) is 5.99. The van der Waals surface area contributed by atoms with Crippen LogP contribution in [-0.2, 0) is 11.3 Å². The average Bonchev–Trinajstić information content (AvgIpc) is 3.26. The Balaban J connectivity index is 1.49. The summed E-state index contributed by atoms with van der Waals surface area (Å²) in [5.74, 6) is 0.752. The largest absolute Gasteiger partial charge is 0.497 e. The monoisotopic (exact) mass is 380 g/mol. The van der Waals surface area contributed by atoms with Gasteiger partial charge in [-0.3, -0.25) is 5.32 Å². The topological polar surface area (TPSA) is 126 Å². The molecule has 1 fully saturated rings. The number of nitrogens with one attached hydrogen (secondary N) is 2. The molecule has 0 radical (unpaired) electrons. The number of hydrogen-bond donors (Lipinski definition) is 4. The van der Waals surface area contributed by atoms with Crippen molar-refractivity contribution in [3.8, 4) is 5.75 Å². The normalized spacial score (nSPS) is 22.2. The van der Waals surface area contributed by atoms with Crippen LogP contribution in [0.5, 0.6) is 5.75 Å². The van der Waals surface area contributed by atoms with Crippen LogP contribution in [0.3, 0.4) is 0 Å². The van der Waals surface area contributed by atoms with Crippen LogP contribution in [0, 0.1) is 0 Å². The number of carbonyl (C=O) groups excluding carboxylic acids is 1. The van der Waals surface area contributed by atoms with Crippen LogP contribution in [0.15, 0.2) is 24.3 Å². The van der Waals surface area contributed by atoms with Crippen LogP contribution in [-0.4, -0.2) is 52.4 Å². The summed E-state index contributed by atoms with van der Waals surface area (Å²) in [4.78, 5) is 12.0. The minimum absolute atomic E-state index is 0.255. The number of nitrogens with zero attached hydrogens (tertiary/aromatic N) is 2. The van der Waals surface area contributed by atoms with Gasteiger partial charge in [-0.25, -0.2) is 4.79 Å². The van der Waals surface area contributed by atoms with Gasteiger partial charge in [0.05, 0.1) is 19.8 Å². The molecule has 0 spiro atoms. The van der Waals surface area contributed by atoms with Crippen LogP contribution in [0.2, 0.25) is 0 Å². The third-order valence-electron chi connectivity index (χ3n) is 3.95. The first kappa shape index (κ1) is 18.5. The first-order valence-corrected chi connectivity index (χ1v) is 8.86. The lowest BCUT2D eigenvalue weighted by molar-refractivity contribution is -0.0227. The third-order valence-corrected chi connectivity index (χ3v) is 4.88. The predicted molar refractivity (Wildman–Crippen MR) is 94.1 cm³/mol. The van der Waals surface area contributed by atoms with E-state index >= 15 is 0 Å². The number of ether oxygens (including phenoxy) is 2. The number of urea groups is 1. The van der Waals surface area contributed by atoms with Crippen LogP contribution < -0.4 is 15.4 Å². The molecule has 1 aliphatic heterocycles. The maximum atomic E-state index is 12.0. The highest BCUT2D eigenvalue weighted by Crippen LogP contribution is 2.35. The third kappa shape index (κ3) is 4.47. The molecule has 26 heavy (non-hydrogen) atoms. The van der Waals surface area contributed by atoms with Gasteiger partial charge in [-0.15, -0.1) is 10.2 Å². The molecule has 10 heteroatoms. The van der Waals surface area contributed by atoms with Crippen molar-refractivity contribution < 1.29 is 24.5 Å². The first-order chi connectivity index (χ1) is 12.6. The van der Waals surface area contributed by atoms with Gasteiger partial charge in [0.25, 0.3) is 0 Å². The molecule has 1 aromatic heterocycles. The smallest absolute Gasteiger partial charge is 0.321 e. The second kappa shape index (κ2) is 8.41. The Labute approximate surface area is 154 Å². The second-order valence-electron chi connectivity index (χ2n) is 5.75. The van der Waals surface area contributed by atoms with E-state index in [9.17, 15) is 9.90 Å². The highest BCUT2D eigenvalue weighted by molar-refractivity contribution is 7.15. The van der Waals surface area contributed by atoms with E-state index in [0.29, 0.717) is 23.1 Å². The molecule has 4 N–H and O–H groups in total. The number of aliphatic hydroxyl groups excluding tert-OH is 2. The maximum absolute atomic E-state index is 12.0. The molecule has 140 valence electrons. The predicted octanol–water partition coefficient (Wildman–Crippen LogP) is 1.05. The minimum Gasteiger partial charge on any atom is -0.497 e. The van der Waals surface area contributed by atoms with Crippen molar-refractivity contribution in [3.05, 3.63) is 34.8 Å². The van der Waals surface area contributed by atoms with Gasteiger partial charge in [0.1, 0.15) is 23.0 Å². The zero-order chi connectivity index (χ0) is 18.5. The molecule has 0 aliphatic carbocycles. The van der Waals surface area contributed by atoms with E-state index < -0.39 is 24.3 Å². The minimum atomic E-state index is -0.738. The summed E-state index contributed by atoms with van der Waals surface area (Å²) in [6, 6.07) is 6.97. The van der Waals surface area contributed by atoms with Gasteiger partial charge in [-0.1, -0.05) is 23.5 Å².